The number of aliphatic hydroxyl groups excluding tert-OH is 2. The number of rotatable bonds is 4. The van der Waals surface area contributed by atoms with Gasteiger partial charge >= 0.3 is 0 Å². The number of carbonyl (C=O) groups excluding carboxylic acids is 2. The number of hydrogen-bond acceptors (Lipinski definition) is 12. The van der Waals surface area contributed by atoms with E-state index in [-0.39, 0.29) is 53.8 Å². The van der Waals surface area contributed by atoms with Gasteiger partial charge in [0.2, 0.25) is 11.5 Å². The SMILES string of the molecule is COc1c(CC(=O)c2cc3c(cc2O)OC(C)(C)C(O)C3)ccc2c1C=CC(C)(C)O2.O=C1C=CC2=C3c4cc(O)c(O)cc4CC3(O)COC2=C1O. The molecule has 3 aliphatic heterocycles. The van der Waals surface area contributed by atoms with Crippen molar-refractivity contribution in [2.45, 2.75) is 69.9 Å². The minimum Gasteiger partial charge on any atom is -0.507 e. The molecule has 0 saturated carbocycles. The fourth-order valence-electron chi connectivity index (χ4n) is 7.28. The Hall–Kier alpha value is -5.72. The van der Waals surface area contributed by atoms with Crippen molar-refractivity contribution in [1.82, 2.24) is 0 Å². The maximum Gasteiger partial charge on any atom is 0.224 e. The highest BCUT2D eigenvalue weighted by molar-refractivity contribution is 6.06. The monoisotopic (exact) mass is 724 g/mol. The van der Waals surface area contributed by atoms with Crippen LogP contribution in [0.3, 0.4) is 0 Å². The second-order valence-corrected chi connectivity index (χ2v) is 14.9. The van der Waals surface area contributed by atoms with E-state index < -0.39 is 34.4 Å². The highest BCUT2D eigenvalue weighted by Gasteiger charge is 2.48. The lowest BCUT2D eigenvalue weighted by molar-refractivity contribution is -0.114. The Morgan fingerprint density at radius 2 is 1.64 bits per heavy atom. The van der Waals surface area contributed by atoms with Crippen LogP contribution in [-0.2, 0) is 28.8 Å². The van der Waals surface area contributed by atoms with Gasteiger partial charge < -0.3 is 49.6 Å². The van der Waals surface area contributed by atoms with Gasteiger partial charge in [-0.25, -0.2) is 0 Å². The molecule has 6 N–H and O–H groups in total. The van der Waals surface area contributed by atoms with Crippen LogP contribution in [0.15, 0.2) is 71.7 Å². The molecular weight excluding hydrogens is 684 g/mol. The summed E-state index contributed by atoms with van der Waals surface area (Å²) in [4.78, 5) is 24.6. The molecule has 12 nitrogen and oxygen atoms in total. The number of carbonyl (C=O) groups is 2. The second kappa shape index (κ2) is 12.5. The van der Waals surface area contributed by atoms with Crippen molar-refractivity contribution in [2.24, 2.45) is 0 Å². The highest BCUT2D eigenvalue weighted by Crippen LogP contribution is 2.51. The number of aliphatic hydroxyl groups is 3. The van der Waals surface area contributed by atoms with E-state index in [0.717, 1.165) is 5.56 Å². The summed E-state index contributed by atoms with van der Waals surface area (Å²) in [5.74, 6) is -0.208. The lowest BCUT2D eigenvalue weighted by Crippen LogP contribution is -2.46. The first-order chi connectivity index (χ1) is 24.9. The van der Waals surface area contributed by atoms with E-state index in [1.807, 2.05) is 38.1 Å². The molecule has 3 aromatic rings. The summed E-state index contributed by atoms with van der Waals surface area (Å²) >= 11 is 0. The highest BCUT2D eigenvalue weighted by atomic mass is 16.5. The van der Waals surface area contributed by atoms with Gasteiger partial charge in [-0.05, 0) is 93.0 Å². The molecule has 3 heterocycles. The number of Topliss-reactive ketones (excluding diaryl/α,β-unsaturated/α-hetero) is 1. The fraction of sp³-hybridized carbons (Fsp3) is 0.317. The molecule has 0 amide bonds. The average Bonchev–Trinajstić information content (AvgIpc) is 3.37. The van der Waals surface area contributed by atoms with Gasteiger partial charge in [-0.1, -0.05) is 6.07 Å². The van der Waals surface area contributed by atoms with Crippen LogP contribution < -0.4 is 14.2 Å². The summed E-state index contributed by atoms with van der Waals surface area (Å²) in [6.07, 6.45) is 6.49. The number of methoxy groups -OCH3 is 1. The number of phenolic OH excluding ortho intramolecular Hbond substituents is 3. The van der Waals surface area contributed by atoms with E-state index in [1.165, 1.54) is 30.4 Å². The zero-order valence-corrected chi connectivity index (χ0v) is 29.8. The molecule has 0 bridgehead atoms. The van der Waals surface area contributed by atoms with Gasteiger partial charge in [-0.2, -0.15) is 0 Å². The number of ketones is 2. The predicted molar refractivity (Wildman–Crippen MR) is 192 cm³/mol. The Labute approximate surface area is 305 Å². The zero-order valence-electron chi connectivity index (χ0n) is 29.8. The standard InChI is InChI=1S/C25H28O6.C16H12O6/c1-24(2)9-8-16-20(30-24)7-6-14(23(16)29-5)11-18(26)17-10-15-12-22(28)25(3,4)31-21(15)13-19(17)27;17-10-2-1-8-13-9-4-12(19)11(18)3-7(9)5-16(13,21)6-22-15(8)14(10)20/h6-10,13,22,27-28H,11-12H2,1-5H3;1-4,18-21H,5-6H2. The number of ether oxygens (including phenoxy) is 4. The Balaban J connectivity index is 0.000000173. The third-order valence-electron chi connectivity index (χ3n) is 10.1. The largest absolute Gasteiger partial charge is 0.507 e. The summed E-state index contributed by atoms with van der Waals surface area (Å²) in [7, 11) is 1.56. The molecule has 276 valence electrons. The van der Waals surface area contributed by atoms with Crippen LogP contribution in [0.25, 0.3) is 11.6 Å². The van der Waals surface area contributed by atoms with Crippen molar-refractivity contribution in [2.75, 3.05) is 13.7 Å². The van der Waals surface area contributed by atoms with E-state index in [1.54, 1.807) is 27.0 Å². The summed E-state index contributed by atoms with van der Waals surface area (Å²) in [6.45, 7) is 7.40. The van der Waals surface area contributed by atoms with Gasteiger partial charge in [0, 0.05) is 42.0 Å². The van der Waals surface area contributed by atoms with Gasteiger partial charge in [-0.3, -0.25) is 9.59 Å². The summed E-state index contributed by atoms with van der Waals surface area (Å²) in [6, 6.07) is 9.49. The van der Waals surface area contributed by atoms with Crippen molar-refractivity contribution in [3.63, 3.8) is 0 Å². The predicted octanol–water partition coefficient (Wildman–Crippen LogP) is 5.16. The summed E-state index contributed by atoms with van der Waals surface area (Å²) < 4.78 is 22.8. The molecule has 53 heavy (non-hydrogen) atoms. The van der Waals surface area contributed by atoms with Gasteiger partial charge in [0.15, 0.2) is 23.0 Å². The van der Waals surface area contributed by atoms with Crippen LogP contribution in [0.2, 0.25) is 0 Å². The third kappa shape index (κ3) is 6.17. The van der Waals surface area contributed by atoms with Gasteiger partial charge in [0.25, 0.3) is 0 Å². The quantitative estimate of drug-likeness (QED) is 0.153. The minimum atomic E-state index is -1.33. The van der Waals surface area contributed by atoms with Gasteiger partial charge in [0.05, 0.1) is 24.3 Å². The molecule has 8 rings (SSSR count). The van der Waals surface area contributed by atoms with Crippen molar-refractivity contribution in [3.8, 4) is 34.5 Å². The van der Waals surface area contributed by atoms with E-state index in [0.29, 0.717) is 57.1 Å². The van der Waals surface area contributed by atoms with E-state index in [2.05, 4.69) is 0 Å². The number of fused-ring (bicyclic) bond motifs is 6. The number of hydrogen-bond donors (Lipinski definition) is 6. The van der Waals surface area contributed by atoms with Crippen molar-refractivity contribution < 1.29 is 59.2 Å². The molecule has 2 unspecified atom stereocenters. The van der Waals surface area contributed by atoms with Crippen LogP contribution in [0.1, 0.15) is 65.9 Å². The summed E-state index contributed by atoms with van der Waals surface area (Å²) in [5, 5.41) is 60.9. The molecular formula is C41H40O12. The molecule has 0 aromatic heterocycles. The molecule has 0 fully saturated rings. The molecule has 0 spiro atoms. The van der Waals surface area contributed by atoms with Crippen molar-refractivity contribution in [3.05, 3.63) is 105 Å². The molecule has 0 saturated heterocycles. The average molecular weight is 725 g/mol. The van der Waals surface area contributed by atoms with Crippen LogP contribution in [0.4, 0.5) is 0 Å². The molecule has 0 radical (unpaired) electrons. The number of benzene rings is 3. The van der Waals surface area contributed by atoms with Gasteiger partial charge in [-0.15, -0.1) is 0 Å². The first-order valence-electron chi connectivity index (χ1n) is 17.1. The van der Waals surface area contributed by atoms with Crippen LogP contribution in [-0.4, -0.2) is 78.8 Å². The molecule has 3 aromatic carbocycles. The van der Waals surface area contributed by atoms with Crippen LogP contribution in [0, 0.1) is 0 Å². The topological polar surface area (TPSA) is 192 Å². The van der Waals surface area contributed by atoms with E-state index in [9.17, 15) is 40.2 Å². The Morgan fingerprint density at radius 1 is 0.906 bits per heavy atom. The minimum absolute atomic E-state index is 0.0348. The maximum atomic E-state index is 13.1. The Kier molecular flexibility index (Phi) is 8.38. The van der Waals surface area contributed by atoms with Gasteiger partial charge in [0.1, 0.15) is 46.4 Å². The number of aromatic hydroxyl groups is 3. The lowest BCUT2D eigenvalue weighted by Gasteiger charge is -2.37. The molecule has 2 aliphatic carbocycles. The smallest absolute Gasteiger partial charge is 0.224 e. The first-order valence-corrected chi connectivity index (χ1v) is 17.1. The zero-order chi connectivity index (χ0) is 38.2. The molecule has 2 atom stereocenters. The lowest BCUT2D eigenvalue weighted by atomic mass is 9.85. The first kappa shape index (κ1) is 35.7. The number of phenols is 3. The Morgan fingerprint density at radius 3 is 2.38 bits per heavy atom. The molecule has 12 heteroatoms. The van der Waals surface area contributed by atoms with Crippen LogP contribution >= 0.6 is 0 Å². The van der Waals surface area contributed by atoms with Crippen LogP contribution in [0.5, 0.6) is 34.5 Å². The van der Waals surface area contributed by atoms with Crippen molar-refractivity contribution >= 4 is 23.2 Å². The normalized spacial score (nSPS) is 22.5. The maximum absolute atomic E-state index is 13.1. The molecule has 5 aliphatic rings. The van der Waals surface area contributed by atoms with E-state index in [4.69, 9.17) is 18.9 Å². The third-order valence-corrected chi connectivity index (χ3v) is 10.1. The number of allylic oxidation sites excluding steroid dienone is 2. The van der Waals surface area contributed by atoms with Crippen molar-refractivity contribution in [1.29, 1.82) is 0 Å². The van der Waals surface area contributed by atoms with E-state index >= 15 is 0 Å². The summed E-state index contributed by atoms with van der Waals surface area (Å²) in [5.41, 5.74) is 2.02. The second-order valence-electron chi connectivity index (χ2n) is 14.9. The fourth-order valence-corrected chi connectivity index (χ4v) is 7.28. The Bertz CT molecular complexity index is 2220.